The van der Waals surface area contributed by atoms with E-state index < -0.39 is 40.6 Å². The Hall–Kier alpha value is -5.35. The molecule has 1 fully saturated rings. The quantitative estimate of drug-likeness (QED) is 0.0255. The number of aliphatic hydroxyl groups excluding tert-OH is 1. The number of benzene rings is 1. The fraction of sp³-hybridized carbons (Fsp3) is 0.290. The average molecular weight is 687 g/mol. The molecule has 2 aliphatic heterocycles. The van der Waals surface area contributed by atoms with Crippen LogP contribution in [0.15, 0.2) is 59.9 Å². The molecule has 1 N–H and O–H groups in total. The maximum atomic E-state index is 13.8. The van der Waals surface area contributed by atoms with E-state index in [9.17, 15) is 29.6 Å². The zero-order chi connectivity index (χ0) is 34.3. The number of non-ortho nitro benzene ring substituents is 1. The van der Waals surface area contributed by atoms with Crippen LogP contribution in [0.25, 0.3) is 20.8 Å². The van der Waals surface area contributed by atoms with Crippen LogP contribution >= 0.6 is 23.6 Å². The van der Waals surface area contributed by atoms with Gasteiger partial charge < -0.3 is 14.7 Å². The zero-order valence-electron chi connectivity index (χ0n) is 25.4. The van der Waals surface area contributed by atoms with Gasteiger partial charge in [-0.3, -0.25) is 29.1 Å². The number of nitro benzene ring substituents is 1. The molecule has 0 bridgehead atoms. The summed E-state index contributed by atoms with van der Waals surface area (Å²) in [6, 6.07) is 6.73. The number of aromatic nitrogens is 3. The van der Waals surface area contributed by atoms with Crippen molar-refractivity contribution in [2.24, 2.45) is 17.0 Å². The van der Waals surface area contributed by atoms with Crippen molar-refractivity contribution in [3.8, 4) is 0 Å². The lowest BCUT2D eigenvalue weighted by Crippen LogP contribution is -2.63. The van der Waals surface area contributed by atoms with E-state index >= 15 is 0 Å². The SMILES string of the molecule is C[C@@H](O)[C@H]1C(=O)N2C(C(=O)OCc3ccc([N+](=O)[O-])cc3)=C(c3cn4cnc(C(=O)c5cc(CCN=[N+]=[N-])cnc5C=S)c4s3)[C@H](C)[C@H]12. The number of hydrogen-bond acceptors (Lipinski definition) is 12. The number of carbonyl (C=O) groups excluding carboxylic acids is 3. The minimum Gasteiger partial charge on any atom is -0.456 e. The standard InChI is InChI=1S/C31H26N8O7S2/c1-15-23(27(38-26(15)24(16(2)40)29(38)42)31(43)46-12-17-3-5-19(6-4-17)39(44)45)22-11-37-14-34-25(30(37)48-22)28(41)20-9-18(7-8-35-36-32)10-33-21(20)13-47/h3-6,9-11,13-16,24,26,40H,7-8,12H2,1-2H3/t15-,16+,24+,26+/m0/s1. The van der Waals surface area contributed by atoms with E-state index in [0.717, 1.165) is 0 Å². The van der Waals surface area contributed by atoms with Gasteiger partial charge in [0, 0.05) is 52.8 Å². The number of thiazole rings is 1. The van der Waals surface area contributed by atoms with Crippen molar-refractivity contribution in [1.29, 1.82) is 0 Å². The molecule has 0 unspecified atom stereocenters. The summed E-state index contributed by atoms with van der Waals surface area (Å²) in [5, 5.41) is 26.2. The van der Waals surface area contributed by atoms with E-state index in [1.165, 1.54) is 59.1 Å². The number of ketones is 1. The number of imidazole rings is 1. The zero-order valence-corrected chi connectivity index (χ0v) is 27.1. The summed E-state index contributed by atoms with van der Waals surface area (Å²) in [7, 11) is 0. The number of azide groups is 1. The highest BCUT2D eigenvalue weighted by molar-refractivity contribution is 7.79. The number of ether oxygens (including phenoxy) is 1. The smallest absolute Gasteiger partial charge is 0.355 e. The lowest BCUT2D eigenvalue weighted by atomic mass is 9.77. The Morgan fingerprint density at radius 3 is 2.71 bits per heavy atom. The molecule has 2 aliphatic rings. The number of pyridine rings is 1. The molecule has 15 nitrogen and oxygen atoms in total. The molecular formula is C31H26N8O7S2. The van der Waals surface area contributed by atoms with Gasteiger partial charge in [-0.15, -0.1) is 11.3 Å². The molecule has 1 aromatic carbocycles. The van der Waals surface area contributed by atoms with Crippen molar-refractivity contribution >= 4 is 62.7 Å². The van der Waals surface area contributed by atoms with Crippen LogP contribution in [0.2, 0.25) is 0 Å². The number of esters is 1. The Balaban J connectivity index is 1.36. The molecule has 1 saturated heterocycles. The van der Waals surface area contributed by atoms with Crippen LogP contribution < -0.4 is 0 Å². The van der Waals surface area contributed by atoms with Gasteiger partial charge in [0.15, 0.2) is 0 Å². The normalized spacial score (nSPS) is 19.0. The van der Waals surface area contributed by atoms with Crippen LogP contribution in [0.3, 0.4) is 0 Å². The number of rotatable bonds is 12. The van der Waals surface area contributed by atoms with E-state index in [4.69, 9.17) is 22.5 Å². The van der Waals surface area contributed by atoms with Gasteiger partial charge in [0.2, 0.25) is 11.7 Å². The number of hydrogen-bond donors (Lipinski definition) is 1. The van der Waals surface area contributed by atoms with Crippen LogP contribution in [0.5, 0.6) is 0 Å². The first-order chi connectivity index (χ1) is 23.0. The molecule has 17 heteroatoms. The number of aliphatic hydroxyl groups is 1. The molecule has 1 amide bonds. The molecule has 48 heavy (non-hydrogen) atoms. The first-order valence-corrected chi connectivity index (χ1v) is 16.0. The first kappa shape index (κ1) is 32.6. The fourth-order valence-corrected chi connectivity index (χ4v) is 7.58. The van der Waals surface area contributed by atoms with Crippen molar-refractivity contribution in [1.82, 2.24) is 19.3 Å². The van der Waals surface area contributed by atoms with E-state index in [1.807, 2.05) is 6.92 Å². The Kier molecular flexibility index (Phi) is 8.85. The number of nitrogens with zero attached hydrogens (tertiary/aromatic N) is 8. The number of thiocarbonyl (C=S) groups is 1. The number of carbonyl (C=O) groups is 3. The summed E-state index contributed by atoms with van der Waals surface area (Å²) in [6.07, 6.45) is 4.19. The molecule has 0 spiro atoms. The van der Waals surface area contributed by atoms with Gasteiger partial charge in [-0.05, 0) is 48.2 Å². The van der Waals surface area contributed by atoms with Gasteiger partial charge >= 0.3 is 5.97 Å². The Morgan fingerprint density at radius 1 is 1.29 bits per heavy atom. The molecule has 4 atom stereocenters. The highest BCUT2D eigenvalue weighted by Crippen LogP contribution is 2.52. The summed E-state index contributed by atoms with van der Waals surface area (Å²) in [4.78, 5) is 65.1. The van der Waals surface area contributed by atoms with E-state index in [-0.39, 0.29) is 47.4 Å². The molecule has 0 aliphatic carbocycles. The minimum atomic E-state index is -0.947. The summed E-state index contributed by atoms with van der Waals surface area (Å²) >= 11 is 6.31. The van der Waals surface area contributed by atoms with Crippen molar-refractivity contribution in [2.45, 2.75) is 39.0 Å². The first-order valence-electron chi connectivity index (χ1n) is 14.7. The Labute approximate surface area is 281 Å². The number of nitro groups is 1. The second kappa shape index (κ2) is 13.0. The van der Waals surface area contributed by atoms with Crippen molar-refractivity contribution in [3.05, 3.63) is 108 Å². The lowest BCUT2D eigenvalue weighted by Gasteiger charge is -2.46. The second-order valence-electron chi connectivity index (χ2n) is 11.3. The predicted octanol–water partition coefficient (Wildman–Crippen LogP) is 4.44. The maximum absolute atomic E-state index is 13.8. The van der Waals surface area contributed by atoms with Gasteiger partial charge in [0.05, 0.1) is 39.1 Å². The Morgan fingerprint density at radius 2 is 2.04 bits per heavy atom. The largest absolute Gasteiger partial charge is 0.456 e. The monoisotopic (exact) mass is 686 g/mol. The highest BCUT2D eigenvalue weighted by atomic mass is 32.1. The topological polar surface area (TPSA) is 206 Å². The van der Waals surface area contributed by atoms with Gasteiger partial charge in [-0.2, -0.15) is 0 Å². The van der Waals surface area contributed by atoms with E-state index in [0.29, 0.717) is 32.8 Å². The summed E-state index contributed by atoms with van der Waals surface area (Å²) < 4.78 is 7.28. The van der Waals surface area contributed by atoms with Crippen LogP contribution in [0, 0.1) is 22.0 Å². The number of fused-ring (bicyclic) bond motifs is 2. The third-order valence-corrected chi connectivity index (χ3v) is 9.84. The highest BCUT2D eigenvalue weighted by Gasteiger charge is 2.60. The molecule has 244 valence electrons. The summed E-state index contributed by atoms with van der Waals surface area (Å²) in [5.41, 5.74) is 10.9. The molecule has 5 heterocycles. The molecule has 0 saturated carbocycles. The van der Waals surface area contributed by atoms with Crippen molar-refractivity contribution in [3.63, 3.8) is 0 Å². The summed E-state index contributed by atoms with van der Waals surface area (Å²) in [5.74, 6) is -2.69. The van der Waals surface area contributed by atoms with E-state index in [1.54, 1.807) is 22.9 Å². The van der Waals surface area contributed by atoms with Crippen molar-refractivity contribution in [2.75, 3.05) is 6.54 Å². The number of β-lactam (4-membered cyclic amide) rings is 1. The van der Waals surface area contributed by atoms with Gasteiger partial charge in [-0.1, -0.05) is 24.3 Å². The molecule has 6 rings (SSSR count). The molecule has 4 aromatic rings. The molecule has 3 aromatic heterocycles. The fourth-order valence-electron chi connectivity index (χ4n) is 6.18. The van der Waals surface area contributed by atoms with Gasteiger partial charge in [0.25, 0.3) is 5.69 Å². The van der Waals surface area contributed by atoms with E-state index in [2.05, 4.69) is 20.0 Å². The lowest BCUT2D eigenvalue weighted by molar-refractivity contribution is -0.384. The van der Waals surface area contributed by atoms with Crippen LogP contribution in [0.4, 0.5) is 5.69 Å². The van der Waals surface area contributed by atoms with Crippen LogP contribution in [-0.2, 0) is 27.4 Å². The summed E-state index contributed by atoms with van der Waals surface area (Å²) in [6.45, 7) is 3.39. The minimum absolute atomic E-state index is 0.0431. The predicted molar refractivity (Wildman–Crippen MR) is 176 cm³/mol. The van der Waals surface area contributed by atoms with Crippen LogP contribution in [-0.4, -0.2) is 71.0 Å². The molecular weight excluding hydrogens is 661 g/mol. The molecule has 0 radical (unpaired) electrons. The second-order valence-corrected chi connectivity index (χ2v) is 12.6. The third-order valence-electron chi connectivity index (χ3n) is 8.47. The van der Waals surface area contributed by atoms with Gasteiger partial charge in [-0.25, -0.2) is 9.78 Å². The van der Waals surface area contributed by atoms with Crippen molar-refractivity contribution < 1.29 is 29.2 Å². The third kappa shape index (κ3) is 5.62. The number of amides is 1. The maximum Gasteiger partial charge on any atom is 0.355 e. The average Bonchev–Trinajstić information content (AvgIpc) is 3.73. The Bertz CT molecular complexity index is 2080. The van der Waals surface area contributed by atoms with Crippen LogP contribution in [0.1, 0.15) is 51.6 Å². The van der Waals surface area contributed by atoms with Gasteiger partial charge in [0.1, 0.15) is 29.2 Å².